The molecule has 2 nitrogen and oxygen atoms in total. The van der Waals surface area contributed by atoms with Crippen molar-refractivity contribution in [1.82, 2.24) is 5.32 Å². The van der Waals surface area contributed by atoms with Crippen molar-refractivity contribution in [3.8, 4) is 0 Å². The minimum atomic E-state index is -0.111. The second-order valence-corrected chi connectivity index (χ2v) is 5.51. The van der Waals surface area contributed by atoms with E-state index in [1.54, 1.807) is 12.1 Å². The van der Waals surface area contributed by atoms with Crippen LogP contribution in [-0.4, -0.2) is 26.2 Å². The van der Waals surface area contributed by atoms with Crippen LogP contribution in [0, 0.1) is 11.7 Å². The highest BCUT2D eigenvalue weighted by Crippen LogP contribution is 2.29. The molecule has 3 heteroatoms. The van der Waals surface area contributed by atoms with Gasteiger partial charge in [0.2, 0.25) is 0 Å². The van der Waals surface area contributed by atoms with Gasteiger partial charge in [0.1, 0.15) is 5.82 Å². The molecular weight excluding hydrogens is 227 g/mol. The van der Waals surface area contributed by atoms with E-state index in [0.29, 0.717) is 0 Å². The third-order valence-corrected chi connectivity index (χ3v) is 4.25. The lowest BCUT2D eigenvalue weighted by Crippen LogP contribution is -2.32. The number of hydrogen-bond acceptors (Lipinski definition) is 2. The van der Waals surface area contributed by atoms with Gasteiger partial charge in [0.15, 0.2) is 0 Å². The van der Waals surface area contributed by atoms with Crippen LogP contribution < -0.4 is 10.2 Å². The first kappa shape index (κ1) is 12.0. The molecular formula is C15H21FN2. The molecule has 2 heterocycles. The summed E-state index contributed by atoms with van der Waals surface area (Å²) < 4.78 is 13.3. The molecule has 1 atom stereocenters. The van der Waals surface area contributed by atoms with Crippen LogP contribution in [-0.2, 0) is 6.42 Å². The molecule has 3 rings (SSSR count). The predicted octanol–water partition coefficient (Wildman–Crippen LogP) is 2.58. The molecule has 2 aliphatic heterocycles. The molecule has 0 radical (unpaired) electrons. The van der Waals surface area contributed by atoms with Gasteiger partial charge in [-0.3, -0.25) is 0 Å². The summed E-state index contributed by atoms with van der Waals surface area (Å²) in [4.78, 5) is 2.35. The van der Waals surface area contributed by atoms with Gasteiger partial charge in [-0.15, -0.1) is 0 Å². The first-order valence-corrected chi connectivity index (χ1v) is 7.07. The fraction of sp³-hybridized carbons (Fsp3) is 0.600. The number of benzene rings is 1. The highest BCUT2D eigenvalue weighted by Gasteiger charge is 2.21. The lowest BCUT2D eigenvalue weighted by Gasteiger charge is -2.26. The molecule has 1 aromatic rings. The Balaban J connectivity index is 1.60. The maximum Gasteiger partial charge on any atom is 0.125 e. The minimum Gasteiger partial charge on any atom is -0.371 e. The molecule has 1 unspecified atom stereocenters. The number of hydrogen-bond donors (Lipinski definition) is 1. The van der Waals surface area contributed by atoms with E-state index in [0.717, 1.165) is 37.7 Å². The summed E-state index contributed by atoms with van der Waals surface area (Å²) in [5.74, 6) is 0.691. The Morgan fingerprint density at radius 1 is 1.39 bits per heavy atom. The van der Waals surface area contributed by atoms with Gasteiger partial charge in [-0.25, -0.2) is 4.39 Å². The zero-order valence-corrected chi connectivity index (χ0v) is 10.8. The molecule has 0 aliphatic carbocycles. The van der Waals surface area contributed by atoms with Crippen molar-refractivity contribution < 1.29 is 4.39 Å². The van der Waals surface area contributed by atoms with Crippen LogP contribution in [0.15, 0.2) is 18.2 Å². The summed E-state index contributed by atoms with van der Waals surface area (Å²) in [6.45, 7) is 4.46. The number of nitrogens with zero attached hydrogens (tertiary/aromatic N) is 1. The van der Waals surface area contributed by atoms with Gasteiger partial charge in [0.05, 0.1) is 0 Å². The van der Waals surface area contributed by atoms with E-state index in [2.05, 4.69) is 10.2 Å². The van der Waals surface area contributed by atoms with Gasteiger partial charge in [-0.2, -0.15) is 0 Å². The molecule has 2 aliphatic rings. The van der Waals surface area contributed by atoms with Crippen molar-refractivity contribution in [3.63, 3.8) is 0 Å². The van der Waals surface area contributed by atoms with Gasteiger partial charge >= 0.3 is 0 Å². The Kier molecular flexibility index (Phi) is 3.50. The fourth-order valence-corrected chi connectivity index (χ4v) is 3.16. The van der Waals surface area contributed by atoms with E-state index in [1.165, 1.54) is 31.4 Å². The number of halogens is 1. The SMILES string of the molecule is Fc1ccc2c(c1)N(CCC1CCCNC1)CC2. The van der Waals surface area contributed by atoms with E-state index in [1.807, 2.05) is 6.07 Å². The van der Waals surface area contributed by atoms with Crippen molar-refractivity contribution in [1.29, 1.82) is 0 Å². The van der Waals surface area contributed by atoms with Gasteiger partial charge in [-0.05, 0) is 62.4 Å². The van der Waals surface area contributed by atoms with Crippen molar-refractivity contribution in [2.24, 2.45) is 5.92 Å². The normalized spacial score (nSPS) is 23.2. The molecule has 1 fully saturated rings. The largest absolute Gasteiger partial charge is 0.371 e. The van der Waals surface area contributed by atoms with E-state index in [4.69, 9.17) is 0 Å². The Labute approximate surface area is 108 Å². The smallest absolute Gasteiger partial charge is 0.125 e. The first-order chi connectivity index (χ1) is 8.83. The van der Waals surface area contributed by atoms with Gasteiger partial charge in [-0.1, -0.05) is 6.07 Å². The molecule has 1 aromatic carbocycles. The van der Waals surface area contributed by atoms with Gasteiger partial charge in [0, 0.05) is 18.8 Å². The number of fused-ring (bicyclic) bond motifs is 1. The summed E-state index contributed by atoms with van der Waals surface area (Å²) in [5, 5.41) is 3.46. The Morgan fingerprint density at radius 2 is 2.33 bits per heavy atom. The fourth-order valence-electron chi connectivity index (χ4n) is 3.16. The maximum atomic E-state index is 13.3. The average Bonchev–Trinajstić information content (AvgIpc) is 2.80. The van der Waals surface area contributed by atoms with Crippen LogP contribution in [0.25, 0.3) is 0 Å². The van der Waals surface area contributed by atoms with Crippen LogP contribution in [0.1, 0.15) is 24.8 Å². The quantitative estimate of drug-likeness (QED) is 0.884. The van der Waals surface area contributed by atoms with Crippen LogP contribution in [0.2, 0.25) is 0 Å². The van der Waals surface area contributed by atoms with E-state index in [9.17, 15) is 4.39 Å². The molecule has 1 N–H and O–H groups in total. The highest BCUT2D eigenvalue weighted by molar-refractivity contribution is 5.58. The lowest BCUT2D eigenvalue weighted by molar-refractivity contribution is 0.359. The zero-order valence-electron chi connectivity index (χ0n) is 10.8. The van der Waals surface area contributed by atoms with Gasteiger partial charge in [0.25, 0.3) is 0 Å². The third kappa shape index (κ3) is 2.51. The molecule has 98 valence electrons. The highest BCUT2D eigenvalue weighted by atomic mass is 19.1. The average molecular weight is 248 g/mol. The molecule has 0 bridgehead atoms. The predicted molar refractivity (Wildman–Crippen MR) is 72.5 cm³/mol. The molecule has 0 saturated carbocycles. The summed E-state index contributed by atoms with van der Waals surface area (Å²) in [5.41, 5.74) is 2.43. The van der Waals surface area contributed by atoms with Crippen molar-refractivity contribution in [3.05, 3.63) is 29.6 Å². The Hall–Kier alpha value is -1.09. The topological polar surface area (TPSA) is 15.3 Å². The molecule has 1 saturated heterocycles. The van der Waals surface area contributed by atoms with Gasteiger partial charge < -0.3 is 10.2 Å². The van der Waals surface area contributed by atoms with Crippen molar-refractivity contribution in [2.45, 2.75) is 25.7 Å². The van der Waals surface area contributed by atoms with E-state index in [-0.39, 0.29) is 5.82 Å². The lowest BCUT2D eigenvalue weighted by atomic mass is 9.96. The monoisotopic (exact) mass is 248 g/mol. The third-order valence-electron chi connectivity index (χ3n) is 4.25. The summed E-state index contributed by atoms with van der Waals surface area (Å²) >= 11 is 0. The number of rotatable bonds is 3. The maximum absolute atomic E-state index is 13.3. The Bertz CT molecular complexity index is 413. The summed E-state index contributed by atoms with van der Waals surface area (Å²) in [7, 11) is 0. The minimum absolute atomic E-state index is 0.111. The van der Waals surface area contributed by atoms with Crippen LogP contribution >= 0.6 is 0 Å². The molecule has 0 aromatic heterocycles. The van der Waals surface area contributed by atoms with E-state index >= 15 is 0 Å². The second kappa shape index (κ2) is 5.27. The summed E-state index contributed by atoms with van der Waals surface area (Å²) in [6, 6.07) is 5.21. The molecule has 0 amide bonds. The van der Waals surface area contributed by atoms with E-state index < -0.39 is 0 Å². The van der Waals surface area contributed by atoms with Crippen molar-refractivity contribution in [2.75, 3.05) is 31.1 Å². The second-order valence-electron chi connectivity index (χ2n) is 5.51. The summed E-state index contributed by atoms with van der Waals surface area (Å²) in [6.07, 6.45) is 4.94. The van der Waals surface area contributed by atoms with Crippen LogP contribution in [0.4, 0.5) is 10.1 Å². The standard InChI is InChI=1S/C15H21FN2/c16-14-4-3-13-6-9-18(15(13)10-14)8-5-12-2-1-7-17-11-12/h3-4,10,12,17H,1-2,5-9,11H2. The first-order valence-electron chi connectivity index (χ1n) is 7.07. The number of piperidine rings is 1. The zero-order chi connectivity index (χ0) is 12.4. The number of anilines is 1. The van der Waals surface area contributed by atoms with Crippen LogP contribution in [0.3, 0.4) is 0 Å². The number of nitrogens with one attached hydrogen (secondary N) is 1. The van der Waals surface area contributed by atoms with Crippen molar-refractivity contribution >= 4 is 5.69 Å². The molecule has 18 heavy (non-hydrogen) atoms. The van der Waals surface area contributed by atoms with Crippen LogP contribution in [0.5, 0.6) is 0 Å². The molecule has 0 spiro atoms. The Morgan fingerprint density at radius 3 is 3.17 bits per heavy atom.